The van der Waals surface area contributed by atoms with E-state index in [0.29, 0.717) is 37.4 Å². The van der Waals surface area contributed by atoms with E-state index >= 15 is 0 Å². The number of aliphatic hydroxyl groups excluding tert-OH is 1. The average molecular weight is 235 g/mol. The number of rotatable bonds is 3. The third kappa shape index (κ3) is 2.77. The predicted octanol–water partition coefficient (Wildman–Crippen LogP) is 1.29. The quantitative estimate of drug-likeness (QED) is 0.859. The Balaban J connectivity index is 2.10. The average Bonchev–Trinajstić information content (AvgIpc) is 2.76. The largest absolute Gasteiger partial charge is 0.494 e. The van der Waals surface area contributed by atoms with Gasteiger partial charge in [0.25, 0.3) is 5.91 Å². The highest BCUT2D eigenvalue weighted by atomic mass is 16.5. The summed E-state index contributed by atoms with van der Waals surface area (Å²) in [5, 5.41) is 9.42. The number of ether oxygens (including phenoxy) is 1. The van der Waals surface area contributed by atoms with Crippen molar-refractivity contribution in [2.45, 2.75) is 19.4 Å². The first-order valence-electron chi connectivity index (χ1n) is 5.91. The van der Waals surface area contributed by atoms with Crippen LogP contribution in [0, 0.1) is 0 Å². The number of carbonyl (C=O) groups is 1. The van der Waals surface area contributed by atoms with Gasteiger partial charge >= 0.3 is 0 Å². The van der Waals surface area contributed by atoms with E-state index in [1.165, 1.54) is 0 Å². The van der Waals surface area contributed by atoms with Crippen LogP contribution in [0.5, 0.6) is 5.75 Å². The molecule has 2 rings (SSSR count). The van der Waals surface area contributed by atoms with Crippen LogP contribution in [0.2, 0.25) is 0 Å². The van der Waals surface area contributed by atoms with Gasteiger partial charge in [-0.25, -0.2) is 0 Å². The molecule has 17 heavy (non-hydrogen) atoms. The summed E-state index contributed by atoms with van der Waals surface area (Å²) in [6.07, 6.45) is 0.283. The minimum absolute atomic E-state index is 0.0388. The summed E-state index contributed by atoms with van der Waals surface area (Å²) in [6, 6.07) is 7.16. The van der Waals surface area contributed by atoms with Gasteiger partial charge in [0.1, 0.15) is 5.75 Å². The maximum Gasteiger partial charge on any atom is 0.254 e. The normalized spacial score (nSPS) is 19.4. The van der Waals surface area contributed by atoms with Crippen LogP contribution in [-0.4, -0.2) is 41.7 Å². The summed E-state index contributed by atoms with van der Waals surface area (Å²) in [4.78, 5) is 13.8. The lowest BCUT2D eigenvalue weighted by atomic mass is 10.2. The number of carbonyl (C=O) groups excluding carboxylic acids is 1. The van der Waals surface area contributed by atoms with Crippen molar-refractivity contribution in [3.8, 4) is 5.75 Å². The van der Waals surface area contributed by atoms with E-state index in [1.54, 1.807) is 17.0 Å². The second-order valence-electron chi connectivity index (χ2n) is 4.15. The molecule has 0 radical (unpaired) electrons. The Morgan fingerprint density at radius 2 is 2.41 bits per heavy atom. The van der Waals surface area contributed by atoms with Crippen LogP contribution in [0.15, 0.2) is 24.3 Å². The van der Waals surface area contributed by atoms with E-state index in [4.69, 9.17) is 4.74 Å². The highest BCUT2D eigenvalue weighted by Gasteiger charge is 2.25. The van der Waals surface area contributed by atoms with Gasteiger partial charge in [0.2, 0.25) is 0 Å². The van der Waals surface area contributed by atoms with Gasteiger partial charge in [0.15, 0.2) is 0 Å². The van der Waals surface area contributed by atoms with Gasteiger partial charge in [-0.05, 0) is 31.5 Å². The SMILES string of the molecule is CCOc1cccc(C(=O)N2CC[C@@H](O)C2)c1. The first-order valence-corrected chi connectivity index (χ1v) is 5.91. The van der Waals surface area contributed by atoms with Crippen molar-refractivity contribution in [2.75, 3.05) is 19.7 Å². The number of likely N-dealkylation sites (tertiary alicyclic amines) is 1. The molecule has 1 saturated heterocycles. The van der Waals surface area contributed by atoms with Crippen LogP contribution in [-0.2, 0) is 0 Å². The molecule has 0 aromatic heterocycles. The van der Waals surface area contributed by atoms with E-state index in [2.05, 4.69) is 0 Å². The van der Waals surface area contributed by atoms with E-state index in [1.807, 2.05) is 19.1 Å². The zero-order valence-electron chi connectivity index (χ0n) is 9.93. The summed E-state index contributed by atoms with van der Waals surface area (Å²) >= 11 is 0. The maximum atomic E-state index is 12.1. The Hall–Kier alpha value is -1.55. The Bertz CT molecular complexity index is 405. The number of β-amino-alcohol motifs (C(OH)–C–C–N with tert-alkyl or cyclic N) is 1. The van der Waals surface area contributed by atoms with Crippen molar-refractivity contribution in [3.05, 3.63) is 29.8 Å². The molecule has 1 N–H and O–H groups in total. The fourth-order valence-corrected chi connectivity index (χ4v) is 1.99. The van der Waals surface area contributed by atoms with Crippen LogP contribution < -0.4 is 4.74 Å². The van der Waals surface area contributed by atoms with Gasteiger partial charge in [0.05, 0.1) is 12.7 Å². The summed E-state index contributed by atoms with van der Waals surface area (Å²) in [5.41, 5.74) is 0.616. The third-order valence-corrected chi connectivity index (χ3v) is 2.84. The molecule has 1 aromatic carbocycles. The minimum Gasteiger partial charge on any atom is -0.494 e. The van der Waals surface area contributed by atoms with Gasteiger partial charge in [-0.15, -0.1) is 0 Å². The van der Waals surface area contributed by atoms with E-state index in [-0.39, 0.29) is 12.0 Å². The van der Waals surface area contributed by atoms with Crippen LogP contribution in [0.4, 0.5) is 0 Å². The van der Waals surface area contributed by atoms with Crippen molar-refractivity contribution >= 4 is 5.91 Å². The van der Waals surface area contributed by atoms with E-state index in [9.17, 15) is 9.90 Å². The van der Waals surface area contributed by atoms with Crippen LogP contribution in [0.1, 0.15) is 23.7 Å². The molecule has 0 saturated carbocycles. The molecular formula is C13H17NO3. The number of hydrogen-bond acceptors (Lipinski definition) is 3. The van der Waals surface area contributed by atoms with Crippen LogP contribution in [0.25, 0.3) is 0 Å². The fraction of sp³-hybridized carbons (Fsp3) is 0.462. The minimum atomic E-state index is -0.381. The van der Waals surface area contributed by atoms with Crippen molar-refractivity contribution in [1.29, 1.82) is 0 Å². The van der Waals surface area contributed by atoms with E-state index < -0.39 is 0 Å². The number of aliphatic hydroxyl groups is 1. The Morgan fingerprint density at radius 1 is 1.59 bits per heavy atom. The van der Waals surface area contributed by atoms with Crippen molar-refractivity contribution in [1.82, 2.24) is 4.90 Å². The maximum absolute atomic E-state index is 12.1. The standard InChI is InChI=1S/C13H17NO3/c1-2-17-12-5-3-4-10(8-12)13(16)14-7-6-11(15)9-14/h3-5,8,11,15H,2,6-7,9H2,1H3/t11-/m1/s1. The molecule has 0 aliphatic carbocycles. The molecule has 4 nitrogen and oxygen atoms in total. The lowest BCUT2D eigenvalue weighted by Crippen LogP contribution is -2.29. The summed E-state index contributed by atoms with van der Waals surface area (Å²) in [5.74, 6) is 0.668. The number of benzene rings is 1. The molecule has 1 amide bonds. The van der Waals surface area contributed by atoms with Gasteiger partial charge in [0, 0.05) is 18.7 Å². The molecule has 0 unspecified atom stereocenters. The van der Waals surface area contributed by atoms with Crippen molar-refractivity contribution in [2.24, 2.45) is 0 Å². The first-order chi connectivity index (χ1) is 8.20. The summed E-state index contributed by atoms with van der Waals surface area (Å²) in [7, 11) is 0. The lowest BCUT2D eigenvalue weighted by molar-refractivity contribution is 0.0764. The zero-order chi connectivity index (χ0) is 12.3. The topological polar surface area (TPSA) is 49.8 Å². The highest BCUT2D eigenvalue weighted by Crippen LogP contribution is 2.17. The van der Waals surface area contributed by atoms with E-state index in [0.717, 1.165) is 0 Å². The Kier molecular flexibility index (Phi) is 3.64. The molecule has 1 atom stereocenters. The number of amides is 1. The Labute approximate surface area is 101 Å². The summed E-state index contributed by atoms with van der Waals surface area (Å²) < 4.78 is 5.36. The van der Waals surface area contributed by atoms with Gasteiger partial charge in [-0.2, -0.15) is 0 Å². The van der Waals surface area contributed by atoms with Gasteiger partial charge < -0.3 is 14.7 Å². The third-order valence-electron chi connectivity index (χ3n) is 2.84. The number of hydrogen-bond donors (Lipinski definition) is 1. The second kappa shape index (κ2) is 5.19. The first kappa shape index (κ1) is 11.9. The molecule has 0 bridgehead atoms. The van der Waals surface area contributed by atoms with Crippen LogP contribution >= 0.6 is 0 Å². The van der Waals surface area contributed by atoms with Crippen molar-refractivity contribution in [3.63, 3.8) is 0 Å². The monoisotopic (exact) mass is 235 g/mol. The molecule has 0 spiro atoms. The molecule has 4 heteroatoms. The molecule has 1 fully saturated rings. The highest BCUT2D eigenvalue weighted by molar-refractivity contribution is 5.94. The van der Waals surface area contributed by atoms with Crippen LogP contribution in [0.3, 0.4) is 0 Å². The predicted molar refractivity (Wildman–Crippen MR) is 64.1 cm³/mol. The van der Waals surface area contributed by atoms with Crippen molar-refractivity contribution < 1.29 is 14.6 Å². The molecule has 92 valence electrons. The smallest absolute Gasteiger partial charge is 0.254 e. The molecule has 1 aromatic rings. The number of nitrogens with zero attached hydrogens (tertiary/aromatic N) is 1. The van der Waals surface area contributed by atoms with Gasteiger partial charge in [-0.3, -0.25) is 4.79 Å². The molecule has 1 heterocycles. The molecule has 1 aliphatic heterocycles. The fourth-order valence-electron chi connectivity index (χ4n) is 1.99. The Morgan fingerprint density at radius 3 is 3.06 bits per heavy atom. The molecule has 1 aliphatic rings. The van der Waals surface area contributed by atoms with Gasteiger partial charge in [-0.1, -0.05) is 6.07 Å². The second-order valence-corrected chi connectivity index (χ2v) is 4.15. The lowest BCUT2D eigenvalue weighted by Gasteiger charge is -2.15. The zero-order valence-corrected chi connectivity index (χ0v) is 9.93. The molecular weight excluding hydrogens is 218 g/mol. The summed E-state index contributed by atoms with van der Waals surface area (Å²) in [6.45, 7) is 3.54.